The lowest BCUT2D eigenvalue weighted by Gasteiger charge is -2.08. The van der Waals surface area contributed by atoms with Crippen LogP contribution in [-0.2, 0) is 0 Å². The first kappa shape index (κ1) is 21.2. The van der Waals surface area contributed by atoms with Gasteiger partial charge in [-0.05, 0) is 49.6 Å². The minimum absolute atomic E-state index is 0.0509. The number of benzene rings is 2. The van der Waals surface area contributed by atoms with Crippen molar-refractivity contribution in [1.82, 2.24) is 15.1 Å². The number of carbonyl (C=O) groups is 1. The maximum absolute atomic E-state index is 12.9. The average Bonchev–Trinajstić information content (AvgIpc) is 3.19. The van der Waals surface area contributed by atoms with E-state index in [-0.39, 0.29) is 11.6 Å². The maximum Gasteiger partial charge on any atom is 0.271 e. The third-order valence-electron chi connectivity index (χ3n) is 5.10. The monoisotopic (exact) mass is 406 g/mol. The molecule has 0 radical (unpaired) electrons. The summed E-state index contributed by atoms with van der Waals surface area (Å²) in [7, 11) is 0. The van der Waals surface area contributed by atoms with Crippen LogP contribution in [0, 0.1) is 24.0 Å². The Balaban J connectivity index is 2.03. The van der Waals surface area contributed by atoms with Gasteiger partial charge in [0.05, 0.1) is 16.3 Å². The van der Waals surface area contributed by atoms with Crippen molar-refractivity contribution in [2.75, 3.05) is 6.54 Å². The molecule has 1 heterocycles. The van der Waals surface area contributed by atoms with Gasteiger partial charge < -0.3 is 5.32 Å². The van der Waals surface area contributed by atoms with Gasteiger partial charge in [0.25, 0.3) is 11.6 Å². The van der Waals surface area contributed by atoms with Crippen LogP contribution in [0.1, 0.15) is 47.8 Å². The minimum atomic E-state index is -0.457. The molecule has 0 saturated carbocycles. The Hall–Kier alpha value is -3.48. The van der Waals surface area contributed by atoms with E-state index >= 15 is 0 Å². The number of aromatic nitrogens is 2. The van der Waals surface area contributed by atoms with Crippen LogP contribution in [0.15, 0.2) is 48.5 Å². The van der Waals surface area contributed by atoms with Crippen LogP contribution in [0.4, 0.5) is 5.69 Å². The van der Waals surface area contributed by atoms with E-state index in [9.17, 15) is 14.9 Å². The molecule has 3 aromatic rings. The lowest BCUT2D eigenvalue weighted by Crippen LogP contribution is -2.26. The number of hydrogen-bond acceptors (Lipinski definition) is 4. The molecule has 0 aliphatic rings. The number of non-ortho nitro benzene ring substituents is 1. The number of nitrogens with zero attached hydrogens (tertiary/aromatic N) is 3. The predicted molar refractivity (Wildman–Crippen MR) is 117 cm³/mol. The lowest BCUT2D eigenvalue weighted by molar-refractivity contribution is -0.384. The normalized spacial score (nSPS) is 10.8. The van der Waals surface area contributed by atoms with E-state index < -0.39 is 4.92 Å². The summed E-state index contributed by atoms with van der Waals surface area (Å²) >= 11 is 0. The quantitative estimate of drug-likeness (QED) is 0.324. The van der Waals surface area contributed by atoms with Crippen LogP contribution in [0.2, 0.25) is 0 Å². The Labute approximate surface area is 175 Å². The Morgan fingerprint density at radius 2 is 1.90 bits per heavy atom. The van der Waals surface area contributed by atoms with Gasteiger partial charge in [-0.1, -0.05) is 38.0 Å². The molecule has 156 valence electrons. The number of nitro groups is 1. The zero-order valence-corrected chi connectivity index (χ0v) is 17.5. The van der Waals surface area contributed by atoms with E-state index in [1.165, 1.54) is 22.4 Å². The first-order chi connectivity index (χ1) is 14.4. The predicted octanol–water partition coefficient (Wildman–Crippen LogP) is 4.98. The fourth-order valence-corrected chi connectivity index (χ4v) is 3.19. The molecule has 0 fully saturated rings. The summed E-state index contributed by atoms with van der Waals surface area (Å²) in [6.45, 7) is 6.74. The molecular weight excluding hydrogens is 380 g/mol. The van der Waals surface area contributed by atoms with Crippen molar-refractivity contribution in [3.8, 4) is 16.9 Å². The summed E-state index contributed by atoms with van der Waals surface area (Å²) in [6, 6.07) is 13.9. The number of rotatable bonds is 8. The first-order valence-electron chi connectivity index (χ1n) is 10.1. The van der Waals surface area contributed by atoms with Gasteiger partial charge >= 0.3 is 0 Å². The number of unbranched alkanes of at least 4 members (excludes halogenated alkanes) is 2. The maximum atomic E-state index is 12.9. The highest BCUT2D eigenvalue weighted by atomic mass is 16.6. The third-order valence-corrected chi connectivity index (χ3v) is 5.10. The van der Waals surface area contributed by atoms with Crippen LogP contribution in [0.5, 0.6) is 0 Å². The standard InChI is InChI=1S/C23H26N4O3/c1-4-5-6-12-24-23(28)22-15-21(18-11-10-16(2)17(3)13-18)25-26(22)19-8-7-9-20(14-19)27(29)30/h7-11,13-15H,4-6,12H2,1-3H3,(H,24,28). The molecule has 0 bridgehead atoms. The third kappa shape index (κ3) is 4.74. The SMILES string of the molecule is CCCCCNC(=O)c1cc(-c2ccc(C)c(C)c2)nn1-c1cccc([N+](=O)[O-])c1. The zero-order chi connectivity index (χ0) is 21.7. The number of hydrogen-bond donors (Lipinski definition) is 1. The molecule has 0 aliphatic carbocycles. The second kappa shape index (κ2) is 9.35. The molecule has 7 nitrogen and oxygen atoms in total. The number of amides is 1. The van der Waals surface area contributed by atoms with Gasteiger partial charge in [-0.15, -0.1) is 0 Å². The smallest absolute Gasteiger partial charge is 0.271 e. The summed E-state index contributed by atoms with van der Waals surface area (Å²) in [6.07, 6.45) is 3.01. The fourth-order valence-electron chi connectivity index (χ4n) is 3.19. The van der Waals surface area contributed by atoms with Gasteiger partial charge in [0.2, 0.25) is 0 Å². The zero-order valence-electron chi connectivity index (χ0n) is 17.5. The van der Waals surface area contributed by atoms with Crippen molar-refractivity contribution in [3.05, 3.63) is 75.5 Å². The highest BCUT2D eigenvalue weighted by Gasteiger charge is 2.19. The summed E-state index contributed by atoms with van der Waals surface area (Å²) in [4.78, 5) is 23.6. The Morgan fingerprint density at radius 3 is 2.60 bits per heavy atom. The van der Waals surface area contributed by atoms with Crippen molar-refractivity contribution < 1.29 is 9.72 Å². The summed E-state index contributed by atoms with van der Waals surface area (Å²) in [5.41, 5.74) is 4.60. The van der Waals surface area contributed by atoms with Crippen LogP contribution < -0.4 is 5.32 Å². The Morgan fingerprint density at radius 1 is 1.10 bits per heavy atom. The summed E-state index contributed by atoms with van der Waals surface area (Å²) in [5, 5.41) is 18.8. The van der Waals surface area contributed by atoms with E-state index in [2.05, 4.69) is 17.3 Å². The fraction of sp³-hybridized carbons (Fsp3) is 0.304. The van der Waals surface area contributed by atoms with Gasteiger partial charge in [0, 0.05) is 24.2 Å². The minimum Gasteiger partial charge on any atom is -0.351 e. The first-order valence-corrected chi connectivity index (χ1v) is 10.1. The largest absolute Gasteiger partial charge is 0.351 e. The van der Waals surface area contributed by atoms with E-state index in [0.717, 1.165) is 30.4 Å². The van der Waals surface area contributed by atoms with E-state index in [4.69, 9.17) is 0 Å². The number of nitrogens with one attached hydrogen (secondary N) is 1. The summed E-state index contributed by atoms with van der Waals surface area (Å²) in [5.74, 6) is -0.250. The second-order valence-corrected chi connectivity index (χ2v) is 7.37. The van der Waals surface area contributed by atoms with Crippen molar-refractivity contribution >= 4 is 11.6 Å². The van der Waals surface area contributed by atoms with Crippen molar-refractivity contribution in [1.29, 1.82) is 0 Å². The highest BCUT2D eigenvalue weighted by molar-refractivity contribution is 5.94. The van der Waals surface area contributed by atoms with Gasteiger partial charge in [0.15, 0.2) is 0 Å². The molecule has 0 spiro atoms. The molecule has 1 aromatic heterocycles. The van der Waals surface area contributed by atoms with Crippen LogP contribution in [0.25, 0.3) is 16.9 Å². The van der Waals surface area contributed by atoms with E-state index in [1.54, 1.807) is 18.2 Å². The van der Waals surface area contributed by atoms with Gasteiger partial charge in [-0.2, -0.15) is 5.10 Å². The molecule has 1 N–H and O–H groups in total. The molecule has 0 unspecified atom stereocenters. The molecule has 2 aromatic carbocycles. The van der Waals surface area contributed by atoms with Crippen molar-refractivity contribution in [2.45, 2.75) is 40.0 Å². The van der Waals surface area contributed by atoms with Crippen molar-refractivity contribution in [2.24, 2.45) is 0 Å². The number of nitro benzene ring substituents is 1. The highest BCUT2D eigenvalue weighted by Crippen LogP contribution is 2.25. The topological polar surface area (TPSA) is 90.1 Å². The number of aryl methyl sites for hydroxylation is 2. The molecular formula is C23H26N4O3. The summed E-state index contributed by atoms with van der Waals surface area (Å²) < 4.78 is 1.48. The molecule has 0 atom stereocenters. The molecule has 1 amide bonds. The molecule has 0 saturated heterocycles. The average molecular weight is 406 g/mol. The van der Waals surface area contributed by atoms with Gasteiger partial charge in [-0.25, -0.2) is 4.68 Å². The van der Waals surface area contributed by atoms with Crippen LogP contribution >= 0.6 is 0 Å². The van der Waals surface area contributed by atoms with Crippen LogP contribution in [0.3, 0.4) is 0 Å². The molecule has 7 heteroatoms. The molecule has 0 aliphatic heterocycles. The number of carbonyl (C=O) groups excluding carboxylic acids is 1. The lowest BCUT2D eigenvalue weighted by atomic mass is 10.0. The second-order valence-electron chi connectivity index (χ2n) is 7.37. The van der Waals surface area contributed by atoms with Gasteiger partial charge in [0.1, 0.15) is 5.69 Å². The molecule has 30 heavy (non-hydrogen) atoms. The Kier molecular flexibility index (Phi) is 6.61. The van der Waals surface area contributed by atoms with Gasteiger partial charge in [-0.3, -0.25) is 14.9 Å². The Bertz CT molecular complexity index is 1070. The van der Waals surface area contributed by atoms with Crippen LogP contribution in [-0.4, -0.2) is 27.2 Å². The molecule has 3 rings (SSSR count). The van der Waals surface area contributed by atoms with E-state index in [0.29, 0.717) is 23.6 Å². The van der Waals surface area contributed by atoms with E-state index in [1.807, 2.05) is 32.0 Å². The van der Waals surface area contributed by atoms with Crippen molar-refractivity contribution in [3.63, 3.8) is 0 Å².